The van der Waals surface area contributed by atoms with Gasteiger partial charge in [0.1, 0.15) is 0 Å². The van der Waals surface area contributed by atoms with Gasteiger partial charge in [-0.2, -0.15) is 0 Å². The van der Waals surface area contributed by atoms with Gasteiger partial charge in [-0.15, -0.1) is 0 Å². The third-order valence-electron chi connectivity index (χ3n) is 2.65. The van der Waals surface area contributed by atoms with Crippen LogP contribution in [0.2, 0.25) is 5.02 Å². The lowest BCUT2D eigenvalue weighted by atomic mass is 9.98. The SMILES string of the molecule is Cc1ccncc1C(N)c1ccccc1Cl. The van der Waals surface area contributed by atoms with Crippen molar-refractivity contribution >= 4 is 11.6 Å². The van der Waals surface area contributed by atoms with Crippen molar-refractivity contribution < 1.29 is 0 Å². The maximum absolute atomic E-state index is 6.19. The molecule has 2 nitrogen and oxygen atoms in total. The van der Waals surface area contributed by atoms with Crippen LogP contribution in [0.25, 0.3) is 0 Å². The Morgan fingerprint density at radius 3 is 2.62 bits per heavy atom. The molecule has 16 heavy (non-hydrogen) atoms. The highest BCUT2D eigenvalue weighted by Gasteiger charge is 2.13. The van der Waals surface area contributed by atoms with Crippen molar-refractivity contribution in [1.82, 2.24) is 4.98 Å². The molecule has 82 valence electrons. The van der Waals surface area contributed by atoms with Gasteiger partial charge in [0.15, 0.2) is 0 Å². The maximum atomic E-state index is 6.19. The molecule has 1 aromatic heterocycles. The van der Waals surface area contributed by atoms with E-state index in [2.05, 4.69) is 4.98 Å². The van der Waals surface area contributed by atoms with Gasteiger partial charge in [0.05, 0.1) is 6.04 Å². The molecule has 0 saturated heterocycles. The Balaban J connectivity index is 2.44. The number of rotatable bonds is 2. The molecular formula is C13H13ClN2. The lowest BCUT2D eigenvalue weighted by Crippen LogP contribution is -2.14. The fraction of sp³-hybridized carbons (Fsp3) is 0.154. The lowest BCUT2D eigenvalue weighted by molar-refractivity contribution is 0.853. The number of pyridine rings is 1. The van der Waals surface area contributed by atoms with E-state index in [-0.39, 0.29) is 6.04 Å². The van der Waals surface area contributed by atoms with Gasteiger partial charge in [-0.05, 0) is 35.7 Å². The minimum Gasteiger partial charge on any atom is -0.320 e. The fourth-order valence-electron chi connectivity index (χ4n) is 1.70. The Labute approximate surface area is 100 Å². The zero-order chi connectivity index (χ0) is 11.5. The van der Waals surface area contributed by atoms with Crippen LogP contribution in [-0.2, 0) is 0 Å². The van der Waals surface area contributed by atoms with E-state index in [1.54, 1.807) is 12.4 Å². The number of hydrogen-bond donors (Lipinski definition) is 1. The van der Waals surface area contributed by atoms with Crippen molar-refractivity contribution in [2.45, 2.75) is 13.0 Å². The van der Waals surface area contributed by atoms with Gasteiger partial charge < -0.3 is 5.73 Å². The van der Waals surface area contributed by atoms with Crippen molar-refractivity contribution in [3.8, 4) is 0 Å². The lowest BCUT2D eigenvalue weighted by Gasteiger charge is -2.15. The normalized spacial score (nSPS) is 12.4. The summed E-state index contributed by atoms with van der Waals surface area (Å²) < 4.78 is 0. The van der Waals surface area contributed by atoms with Crippen LogP contribution in [0.15, 0.2) is 42.7 Å². The van der Waals surface area contributed by atoms with Crippen molar-refractivity contribution in [2.75, 3.05) is 0 Å². The summed E-state index contributed by atoms with van der Waals surface area (Å²) in [5.41, 5.74) is 9.26. The summed E-state index contributed by atoms with van der Waals surface area (Å²) in [6.07, 6.45) is 3.56. The molecule has 1 aromatic carbocycles. The predicted molar refractivity (Wildman–Crippen MR) is 66.5 cm³/mol. The van der Waals surface area contributed by atoms with Crippen molar-refractivity contribution in [3.63, 3.8) is 0 Å². The number of aromatic nitrogens is 1. The smallest absolute Gasteiger partial charge is 0.0584 e. The molecule has 3 heteroatoms. The number of hydrogen-bond acceptors (Lipinski definition) is 2. The molecule has 0 bridgehead atoms. The first-order valence-electron chi connectivity index (χ1n) is 5.10. The van der Waals surface area contributed by atoms with Crippen LogP contribution in [0, 0.1) is 6.92 Å². The molecule has 0 spiro atoms. The Morgan fingerprint density at radius 1 is 1.19 bits per heavy atom. The molecule has 0 saturated carbocycles. The van der Waals surface area contributed by atoms with Crippen LogP contribution in [-0.4, -0.2) is 4.98 Å². The highest BCUT2D eigenvalue weighted by atomic mass is 35.5. The first-order chi connectivity index (χ1) is 7.70. The van der Waals surface area contributed by atoms with Crippen molar-refractivity contribution in [2.24, 2.45) is 5.73 Å². The van der Waals surface area contributed by atoms with E-state index >= 15 is 0 Å². The molecule has 0 radical (unpaired) electrons. The standard InChI is InChI=1S/C13H13ClN2/c1-9-6-7-16-8-11(9)13(15)10-4-2-3-5-12(10)14/h2-8,13H,15H2,1H3. The minimum atomic E-state index is -0.220. The van der Waals surface area contributed by atoms with Crippen LogP contribution in [0.4, 0.5) is 0 Å². The molecule has 1 unspecified atom stereocenters. The molecule has 0 aliphatic heterocycles. The summed E-state index contributed by atoms with van der Waals surface area (Å²) in [4.78, 5) is 4.10. The molecule has 2 aromatic rings. The van der Waals surface area contributed by atoms with Gasteiger partial charge in [-0.25, -0.2) is 0 Å². The molecule has 0 aliphatic carbocycles. The third kappa shape index (κ3) is 2.08. The Bertz CT molecular complexity index is 451. The summed E-state index contributed by atoms with van der Waals surface area (Å²) in [6.45, 7) is 2.02. The Morgan fingerprint density at radius 2 is 1.94 bits per heavy atom. The van der Waals surface area contributed by atoms with Gasteiger partial charge >= 0.3 is 0 Å². The number of benzene rings is 1. The van der Waals surface area contributed by atoms with E-state index in [1.807, 2.05) is 37.3 Å². The third-order valence-corrected chi connectivity index (χ3v) is 3.00. The molecule has 1 atom stereocenters. The Hall–Kier alpha value is -1.38. The zero-order valence-electron chi connectivity index (χ0n) is 9.02. The second-order valence-corrected chi connectivity index (χ2v) is 4.14. The molecule has 1 heterocycles. The van der Waals surface area contributed by atoms with Gasteiger partial charge in [-0.1, -0.05) is 29.8 Å². The second kappa shape index (κ2) is 4.64. The quantitative estimate of drug-likeness (QED) is 0.864. The van der Waals surface area contributed by atoms with E-state index in [4.69, 9.17) is 17.3 Å². The fourth-order valence-corrected chi connectivity index (χ4v) is 1.95. The molecule has 0 aliphatic rings. The van der Waals surface area contributed by atoms with Crippen LogP contribution in [0.1, 0.15) is 22.7 Å². The highest BCUT2D eigenvalue weighted by Crippen LogP contribution is 2.27. The topological polar surface area (TPSA) is 38.9 Å². The predicted octanol–water partition coefficient (Wildman–Crippen LogP) is 3.09. The summed E-state index contributed by atoms with van der Waals surface area (Å²) in [5.74, 6) is 0. The van der Waals surface area contributed by atoms with Crippen LogP contribution in [0.5, 0.6) is 0 Å². The van der Waals surface area contributed by atoms with Gasteiger partial charge in [0, 0.05) is 17.4 Å². The highest BCUT2D eigenvalue weighted by molar-refractivity contribution is 6.31. The van der Waals surface area contributed by atoms with Crippen LogP contribution in [0.3, 0.4) is 0 Å². The van der Waals surface area contributed by atoms with Crippen molar-refractivity contribution in [1.29, 1.82) is 0 Å². The monoisotopic (exact) mass is 232 g/mol. The molecule has 2 rings (SSSR count). The number of aryl methyl sites for hydroxylation is 1. The van der Waals surface area contributed by atoms with Gasteiger partial charge in [0.2, 0.25) is 0 Å². The number of nitrogens with zero attached hydrogens (tertiary/aromatic N) is 1. The Kier molecular flexibility index (Phi) is 3.22. The van der Waals surface area contributed by atoms with E-state index in [0.29, 0.717) is 5.02 Å². The van der Waals surface area contributed by atoms with E-state index in [0.717, 1.165) is 16.7 Å². The molecule has 0 amide bonds. The van der Waals surface area contributed by atoms with E-state index in [1.165, 1.54) is 0 Å². The van der Waals surface area contributed by atoms with Gasteiger partial charge in [-0.3, -0.25) is 4.98 Å². The zero-order valence-corrected chi connectivity index (χ0v) is 9.78. The summed E-state index contributed by atoms with van der Waals surface area (Å²) in [7, 11) is 0. The number of nitrogens with two attached hydrogens (primary N) is 1. The van der Waals surface area contributed by atoms with E-state index < -0.39 is 0 Å². The van der Waals surface area contributed by atoms with Crippen LogP contribution < -0.4 is 5.73 Å². The molecule has 2 N–H and O–H groups in total. The number of halogens is 1. The summed E-state index contributed by atoms with van der Waals surface area (Å²) in [6, 6.07) is 9.36. The first-order valence-corrected chi connectivity index (χ1v) is 5.48. The van der Waals surface area contributed by atoms with E-state index in [9.17, 15) is 0 Å². The van der Waals surface area contributed by atoms with Gasteiger partial charge in [0.25, 0.3) is 0 Å². The summed E-state index contributed by atoms with van der Waals surface area (Å²) in [5, 5.41) is 0.693. The second-order valence-electron chi connectivity index (χ2n) is 3.73. The average Bonchev–Trinajstić information content (AvgIpc) is 2.29. The molecular weight excluding hydrogens is 220 g/mol. The summed E-state index contributed by atoms with van der Waals surface area (Å²) >= 11 is 6.12. The molecule has 0 fully saturated rings. The largest absolute Gasteiger partial charge is 0.320 e. The first kappa shape index (κ1) is 11.1. The average molecular weight is 233 g/mol. The van der Waals surface area contributed by atoms with Crippen LogP contribution >= 0.6 is 11.6 Å². The minimum absolute atomic E-state index is 0.220. The van der Waals surface area contributed by atoms with Crippen molar-refractivity contribution in [3.05, 3.63) is 64.4 Å². The maximum Gasteiger partial charge on any atom is 0.0584 e.